The van der Waals surface area contributed by atoms with Crippen molar-refractivity contribution in [1.82, 2.24) is 0 Å². The Balaban J connectivity index is 1.90. The summed E-state index contributed by atoms with van der Waals surface area (Å²) in [5.74, 6) is -0.304. The quantitative estimate of drug-likeness (QED) is 0.0714. The number of aryl methyl sites for hydroxylation is 2. The zero-order chi connectivity index (χ0) is 36.6. The third-order valence-corrected chi connectivity index (χ3v) is 12.7. The van der Waals surface area contributed by atoms with E-state index in [4.69, 9.17) is 0 Å². The number of hydrogen-bond acceptors (Lipinski definition) is 6. The number of unbranched alkanes of at least 4 members (excludes halogenated alkanes) is 15. The van der Waals surface area contributed by atoms with Crippen LogP contribution in [0.15, 0.2) is 24.3 Å². The van der Waals surface area contributed by atoms with Crippen LogP contribution >= 0.6 is 22.7 Å². The minimum absolute atomic E-state index is 0.0724. The van der Waals surface area contributed by atoms with Crippen LogP contribution in [0.2, 0.25) is 0 Å². The number of benzene rings is 2. The highest BCUT2D eigenvalue weighted by Crippen LogP contribution is 2.37. The lowest BCUT2D eigenvalue weighted by Crippen LogP contribution is -2.15. The van der Waals surface area contributed by atoms with Gasteiger partial charge in [-0.1, -0.05) is 117 Å². The summed E-state index contributed by atoms with van der Waals surface area (Å²) >= 11 is 3.49. The van der Waals surface area contributed by atoms with Crippen molar-refractivity contribution in [1.29, 1.82) is 10.5 Å². The van der Waals surface area contributed by atoms with E-state index in [1.54, 1.807) is 22.7 Å². The summed E-state index contributed by atoms with van der Waals surface area (Å²) in [5, 5.41) is 26.0. The van der Waals surface area contributed by atoms with Gasteiger partial charge in [0.25, 0.3) is 0 Å². The Labute approximate surface area is 314 Å². The average molecular weight is 723 g/mol. The van der Waals surface area contributed by atoms with Crippen molar-refractivity contribution in [2.75, 3.05) is 0 Å². The second-order valence-corrected chi connectivity index (χ2v) is 16.6. The molecule has 6 heteroatoms. The fraction of sp³-hybridized carbons (Fsp3) is 0.556. The number of ketones is 2. The van der Waals surface area contributed by atoms with Crippen molar-refractivity contribution in [3.63, 3.8) is 0 Å². The van der Waals surface area contributed by atoms with Gasteiger partial charge in [-0.05, 0) is 63.3 Å². The van der Waals surface area contributed by atoms with Crippen molar-refractivity contribution in [2.45, 2.75) is 163 Å². The summed E-state index contributed by atoms with van der Waals surface area (Å²) in [7, 11) is 0. The van der Waals surface area contributed by atoms with Gasteiger partial charge in [-0.15, -0.1) is 22.7 Å². The molecule has 272 valence electrons. The number of fused-ring (bicyclic) bond motifs is 5. The van der Waals surface area contributed by atoms with E-state index in [1.807, 2.05) is 6.07 Å². The topological polar surface area (TPSA) is 81.7 Å². The monoisotopic (exact) mass is 722 g/mol. The predicted octanol–water partition coefficient (Wildman–Crippen LogP) is 12.3. The van der Waals surface area contributed by atoms with Crippen molar-refractivity contribution >= 4 is 76.3 Å². The van der Waals surface area contributed by atoms with Crippen LogP contribution in [-0.2, 0) is 22.4 Å². The lowest BCUT2D eigenvalue weighted by molar-refractivity contribution is -0.114. The molecule has 0 aliphatic heterocycles. The molecule has 0 saturated heterocycles. The van der Waals surface area contributed by atoms with Gasteiger partial charge in [-0.2, -0.15) is 10.5 Å². The molecular weight excluding hydrogens is 665 g/mol. The summed E-state index contributed by atoms with van der Waals surface area (Å²) in [6.45, 7) is 8.16. The predicted molar refractivity (Wildman–Crippen MR) is 220 cm³/mol. The zero-order valence-electron chi connectivity index (χ0n) is 31.7. The summed E-state index contributed by atoms with van der Waals surface area (Å²) in [4.78, 5) is 29.1. The molecule has 0 radical (unpaired) electrons. The first-order valence-corrected chi connectivity index (χ1v) is 21.5. The van der Waals surface area contributed by atoms with E-state index >= 15 is 0 Å². The maximum Gasteiger partial charge on any atom is 0.174 e. The molecule has 0 bridgehead atoms. The zero-order valence-corrected chi connectivity index (χ0v) is 33.3. The van der Waals surface area contributed by atoms with Gasteiger partial charge in [0.2, 0.25) is 0 Å². The fourth-order valence-electron chi connectivity index (χ4n) is 7.27. The van der Waals surface area contributed by atoms with Crippen molar-refractivity contribution in [3.05, 3.63) is 44.5 Å². The van der Waals surface area contributed by atoms with E-state index < -0.39 is 0 Å². The molecule has 0 aliphatic carbocycles. The van der Waals surface area contributed by atoms with Crippen LogP contribution in [0.25, 0.3) is 42.1 Å². The Hall–Kier alpha value is -3.32. The van der Waals surface area contributed by atoms with E-state index in [0.717, 1.165) is 81.1 Å². The number of nitrogens with zero attached hydrogens (tertiary/aromatic N) is 2. The molecule has 0 fully saturated rings. The molecule has 0 aliphatic rings. The van der Waals surface area contributed by atoms with Crippen molar-refractivity contribution in [3.8, 4) is 12.1 Å². The number of carbonyl (C=O) groups excluding carboxylic acids is 2. The van der Waals surface area contributed by atoms with Crippen LogP contribution in [0.4, 0.5) is 0 Å². The Bertz CT molecular complexity index is 2000. The number of rotatable bonds is 23. The van der Waals surface area contributed by atoms with E-state index in [0.29, 0.717) is 11.6 Å². The number of carbonyl (C=O) groups is 2. The summed E-state index contributed by atoms with van der Waals surface area (Å²) in [6.07, 6.45) is 23.5. The summed E-state index contributed by atoms with van der Waals surface area (Å²) in [5.41, 5.74) is 0.443. The molecular formula is C45H58N2O2S2. The first-order chi connectivity index (χ1) is 24.9. The van der Waals surface area contributed by atoms with Crippen LogP contribution in [0, 0.1) is 22.7 Å². The van der Waals surface area contributed by atoms with E-state index in [-0.39, 0.29) is 22.7 Å². The Kier molecular flexibility index (Phi) is 16.9. The normalized spacial score (nSPS) is 12.7. The highest BCUT2D eigenvalue weighted by Gasteiger charge is 2.19. The van der Waals surface area contributed by atoms with Crippen molar-refractivity contribution in [2.24, 2.45) is 0 Å². The maximum absolute atomic E-state index is 13.8. The molecule has 0 N–H and O–H groups in total. The molecule has 0 unspecified atom stereocenters. The van der Waals surface area contributed by atoms with E-state index in [2.05, 4.69) is 51.1 Å². The Morgan fingerprint density at radius 1 is 0.529 bits per heavy atom. The second kappa shape index (κ2) is 21.3. The molecule has 4 rings (SSSR count). The van der Waals surface area contributed by atoms with E-state index in [1.165, 1.54) is 100 Å². The highest BCUT2D eigenvalue weighted by atomic mass is 32.1. The molecule has 51 heavy (non-hydrogen) atoms. The van der Waals surface area contributed by atoms with Gasteiger partial charge >= 0.3 is 0 Å². The summed E-state index contributed by atoms with van der Waals surface area (Å²) in [6, 6.07) is 13.1. The van der Waals surface area contributed by atoms with Crippen molar-refractivity contribution < 1.29 is 9.59 Å². The number of thiophene rings is 2. The fourth-order valence-corrected chi connectivity index (χ4v) is 9.76. The standard InChI is InChI=1S/C45H58N2O2S2/c1-5-8-11-14-17-20-23-33-26-37-35(41(30-46)32(4)48)28-39-40(44(37)50-33)29-36(42(31-47)43(49)25-22-19-16-13-10-7-3)38-27-34(51-45(38)39)24-21-18-15-12-9-6-2/h26-29H,5-25H2,1-4H3/b41-35+,42-36+. The van der Waals surface area contributed by atoms with Crippen LogP contribution < -0.4 is 10.4 Å². The first kappa shape index (κ1) is 40.5. The first-order valence-electron chi connectivity index (χ1n) is 19.9. The third kappa shape index (κ3) is 10.8. The van der Waals surface area contributed by atoms with Crippen LogP contribution in [-0.4, -0.2) is 11.6 Å². The second-order valence-electron chi connectivity index (χ2n) is 14.4. The average Bonchev–Trinajstić information content (AvgIpc) is 3.75. The third-order valence-electron chi connectivity index (χ3n) is 10.2. The molecule has 0 atom stereocenters. The van der Waals surface area contributed by atoms with Gasteiger partial charge in [-0.3, -0.25) is 9.59 Å². The van der Waals surface area contributed by atoms with E-state index in [9.17, 15) is 20.1 Å². The van der Waals surface area contributed by atoms with Gasteiger partial charge in [0.15, 0.2) is 11.6 Å². The minimum atomic E-state index is -0.231. The van der Waals surface area contributed by atoms with Gasteiger partial charge in [-0.25, -0.2) is 0 Å². The molecule has 2 aromatic heterocycles. The smallest absolute Gasteiger partial charge is 0.174 e. The molecule has 2 heterocycles. The number of hydrogen-bond donors (Lipinski definition) is 0. The lowest BCUT2D eigenvalue weighted by atomic mass is 9.96. The van der Waals surface area contributed by atoms with Gasteiger partial charge in [0.05, 0.1) is 0 Å². The molecule has 4 aromatic rings. The SMILES string of the molecule is CCCCCCCCC(=O)/C(C#N)=c1\cc2c(c/c(=C(/C#N)C(C)=O)c3cc(CCCCCCCC)sc32)c2sc(CCCCCCCC)cc12. The van der Waals surface area contributed by atoms with Crippen LogP contribution in [0.1, 0.15) is 159 Å². The van der Waals surface area contributed by atoms with Gasteiger partial charge in [0.1, 0.15) is 23.3 Å². The minimum Gasteiger partial charge on any atom is -0.294 e. The Morgan fingerprint density at radius 3 is 1.33 bits per heavy atom. The molecule has 0 spiro atoms. The van der Waals surface area contributed by atoms with Crippen LogP contribution in [0.5, 0.6) is 0 Å². The Morgan fingerprint density at radius 2 is 0.922 bits per heavy atom. The molecule has 0 saturated carbocycles. The highest BCUT2D eigenvalue weighted by molar-refractivity contribution is 7.21. The lowest BCUT2D eigenvalue weighted by Gasteiger charge is -2.07. The maximum atomic E-state index is 13.8. The molecule has 4 nitrogen and oxygen atoms in total. The van der Waals surface area contributed by atoms with Gasteiger partial charge in [0, 0.05) is 57.6 Å². The molecule has 0 amide bonds. The summed E-state index contributed by atoms with van der Waals surface area (Å²) < 4.78 is 2.07. The largest absolute Gasteiger partial charge is 0.294 e. The van der Waals surface area contributed by atoms with Gasteiger partial charge < -0.3 is 0 Å². The number of Topliss-reactive ketones (excluding diaryl/α,β-unsaturated/α-hetero) is 2. The number of nitriles is 2. The van der Waals surface area contributed by atoms with Crippen LogP contribution in [0.3, 0.4) is 0 Å². The molecule has 2 aromatic carbocycles.